The van der Waals surface area contributed by atoms with Crippen LogP contribution in [0.15, 0.2) is 0 Å². The maximum absolute atomic E-state index is 8.78. The van der Waals surface area contributed by atoms with Crippen LogP contribution in [0, 0.1) is 6.92 Å². The number of aliphatic hydroxyl groups is 2. The van der Waals surface area contributed by atoms with Gasteiger partial charge in [0.2, 0.25) is 0 Å². The summed E-state index contributed by atoms with van der Waals surface area (Å²) in [6.45, 7) is 2.75. The van der Waals surface area contributed by atoms with Crippen molar-refractivity contribution in [3.63, 3.8) is 0 Å². The smallest absolute Gasteiger partial charge is 0.465 e. The first-order chi connectivity index (χ1) is 3.46. The summed E-state index contributed by atoms with van der Waals surface area (Å²) in [7, 11) is 0. The van der Waals surface area contributed by atoms with Crippen molar-refractivity contribution in [1.29, 1.82) is 0 Å². The fraction of sp³-hybridized carbons (Fsp3) is 0.333. The number of hydrogen-bond donors (Lipinski definition) is 4. The molecule has 0 rings (SSSR count). The van der Waals surface area contributed by atoms with Crippen LogP contribution in [-0.2, 0) is 0 Å². The van der Waals surface area contributed by atoms with Gasteiger partial charge in [0.25, 0.3) is 0 Å². The fourth-order valence-electron chi connectivity index (χ4n) is 0. The van der Waals surface area contributed by atoms with Crippen LogP contribution < -0.4 is 57.1 Å². The summed E-state index contributed by atoms with van der Waals surface area (Å²) in [6.07, 6.45) is -2.75. The molecule has 1 amide bonds. The molecule has 50 valence electrons. The third kappa shape index (κ3) is 602. The van der Waals surface area contributed by atoms with E-state index in [-0.39, 0.29) is 51.4 Å². The second kappa shape index (κ2) is 11.6. The largest absolute Gasteiger partial charge is 1.00 e. The number of nitrogens with two attached hydrogens (primary N) is 1. The Hall–Kier alpha value is 0.826. The van der Waals surface area contributed by atoms with Crippen LogP contribution >= 0.6 is 0 Å². The maximum Gasteiger partial charge on any atom is 1.00 e. The first-order valence-corrected chi connectivity index (χ1v) is 1.64. The molecule has 0 fully saturated rings. The van der Waals surface area contributed by atoms with Crippen LogP contribution in [0.4, 0.5) is 4.79 Å². The summed E-state index contributed by atoms with van der Waals surface area (Å²) in [6, 6.07) is 0. The van der Waals surface area contributed by atoms with E-state index in [1.807, 2.05) is 0 Å². The van der Waals surface area contributed by atoms with E-state index < -0.39 is 12.4 Å². The Morgan fingerprint density at radius 3 is 1.56 bits per heavy atom. The molecule has 5 nitrogen and oxygen atoms in total. The SMILES string of the molecule is NC(=O)O.[CH2-]C(O)O.[K+]. The Bertz CT molecular complexity index is 60.1. The Kier molecular flexibility index (Phi) is 21.2. The number of amides is 1. The van der Waals surface area contributed by atoms with Gasteiger partial charge in [0.05, 0.1) is 0 Å². The number of hydrogen-bond acceptors (Lipinski definition) is 3. The molecule has 6 heteroatoms. The van der Waals surface area contributed by atoms with Gasteiger partial charge in [0.15, 0.2) is 0 Å². The summed E-state index contributed by atoms with van der Waals surface area (Å²) in [4.78, 5) is 8.78. The summed E-state index contributed by atoms with van der Waals surface area (Å²) < 4.78 is 0. The standard InChI is InChI=1S/C2H5O2.CH3NO2.K/c1-2(3)4;2-1(3)4;/h2-4H,1H2;2H2,(H,3,4);/q-1;;+1. The number of rotatable bonds is 0. The Morgan fingerprint density at radius 1 is 1.56 bits per heavy atom. The van der Waals surface area contributed by atoms with Crippen LogP contribution in [0.5, 0.6) is 0 Å². The van der Waals surface area contributed by atoms with Crippen molar-refractivity contribution in [3.05, 3.63) is 6.92 Å². The van der Waals surface area contributed by atoms with Crippen molar-refractivity contribution in [2.45, 2.75) is 6.29 Å². The van der Waals surface area contributed by atoms with Gasteiger partial charge in [0, 0.05) is 6.29 Å². The first-order valence-electron chi connectivity index (χ1n) is 1.64. The third-order valence-corrected chi connectivity index (χ3v) is 0. The van der Waals surface area contributed by atoms with Crippen molar-refractivity contribution in [2.75, 3.05) is 0 Å². The summed E-state index contributed by atoms with van der Waals surface area (Å²) >= 11 is 0. The van der Waals surface area contributed by atoms with Gasteiger partial charge < -0.3 is 21.1 Å². The Balaban J connectivity index is -0.0000000720. The van der Waals surface area contributed by atoms with E-state index in [1.54, 1.807) is 0 Å². The minimum absolute atomic E-state index is 0. The number of carbonyl (C=O) groups is 1. The van der Waals surface area contributed by atoms with Crippen LogP contribution in [0.25, 0.3) is 0 Å². The average molecular weight is 161 g/mol. The summed E-state index contributed by atoms with van der Waals surface area (Å²) in [5.74, 6) is 0. The van der Waals surface area contributed by atoms with Crippen LogP contribution in [0.1, 0.15) is 0 Å². The molecular formula is C3H8KNO4. The zero-order valence-corrected chi connectivity index (χ0v) is 8.23. The van der Waals surface area contributed by atoms with Crippen molar-refractivity contribution in [3.8, 4) is 0 Å². The second-order valence-corrected chi connectivity index (χ2v) is 0.819. The molecule has 0 aromatic heterocycles. The molecule has 0 atom stereocenters. The molecule has 0 spiro atoms. The van der Waals surface area contributed by atoms with E-state index >= 15 is 0 Å². The van der Waals surface area contributed by atoms with E-state index in [1.165, 1.54) is 0 Å². The zero-order valence-electron chi connectivity index (χ0n) is 5.11. The predicted octanol–water partition coefficient (Wildman–Crippen LogP) is -4.24. The maximum atomic E-state index is 8.78. The molecule has 0 saturated carbocycles. The zero-order chi connectivity index (χ0) is 7.15. The van der Waals surface area contributed by atoms with Gasteiger partial charge in [-0.25, -0.2) is 4.79 Å². The Morgan fingerprint density at radius 2 is 1.56 bits per heavy atom. The Labute approximate surface area is 95.3 Å². The molecule has 5 N–H and O–H groups in total. The van der Waals surface area contributed by atoms with Crippen LogP contribution in [0.2, 0.25) is 0 Å². The van der Waals surface area contributed by atoms with Gasteiger partial charge in [-0.3, -0.25) is 6.92 Å². The van der Waals surface area contributed by atoms with Gasteiger partial charge in [0.1, 0.15) is 0 Å². The van der Waals surface area contributed by atoms with E-state index in [0.29, 0.717) is 0 Å². The van der Waals surface area contributed by atoms with Crippen molar-refractivity contribution >= 4 is 6.09 Å². The minimum Gasteiger partial charge on any atom is -0.465 e. The molecule has 9 heavy (non-hydrogen) atoms. The molecule has 0 aromatic rings. The number of primary amides is 1. The van der Waals surface area contributed by atoms with Crippen LogP contribution in [-0.4, -0.2) is 27.7 Å². The normalized spacial score (nSPS) is 6.67. The number of aliphatic hydroxyl groups excluding tert-OH is 1. The molecule has 0 saturated heterocycles. The molecule has 0 unspecified atom stereocenters. The van der Waals surface area contributed by atoms with Crippen LogP contribution in [0.3, 0.4) is 0 Å². The molecule has 0 radical (unpaired) electrons. The molecular weight excluding hydrogens is 153 g/mol. The van der Waals surface area contributed by atoms with Crippen molar-refractivity contribution in [2.24, 2.45) is 5.73 Å². The van der Waals surface area contributed by atoms with E-state index in [2.05, 4.69) is 12.7 Å². The van der Waals surface area contributed by atoms with E-state index in [4.69, 9.17) is 20.1 Å². The van der Waals surface area contributed by atoms with Gasteiger partial charge >= 0.3 is 57.5 Å². The average Bonchev–Trinajstić information content (AvgIpc) is 1.25. The fourth-order valence-corrected chi connectivity index (χ4v) is 0. The molecule has 0 aliphatic carbocycles. The summed E-state index contributed by atoms with van der Waals surface area (Å²) in [5.41, 5.74) is 4.03. The van der Waals surface area contributed by atoms with E-state index in [9.17, 15) is 0 Å². The van der Waals surface area contributed by atoms with Gasteiger partial charge in [-0.15, -0.1) is 0 Å². The first kappa shape index (κ1) is 16.4. The summed E-state index contributed by atoms with van der Waals surface area (Å²) in [5, 5.41) is 22.2. The molecule has 0 aromatic carbocycles. The molecule has 0 aliphatic rings. The van der Waals surface area contributed by atoms with Crippen molar-refractivity contribution < 1.29 is 71.5 Å². The quantitative estimate of drug-likeness (QED) is 0.164. The third-order valence-electron chi connectivity index (χ3n) is 0. The monoisotopic (exact) mass is 161 g/mol. The topological polar surface area (TPSA) is 104 Å². The van der Waals surface area contributed by atoms with Gasteiger partial charge in [-0.05, 0) is 0 Å². The predicted molar refractivity (Wildman–Crippen MR) is 25.8 cm³/mol. The second-order valence-electron chi connectivity index (χ2n) is 0.819. The van der Waals surface area contributed by atoms with Crippen molar-refractivity contribution in [1.82, 2.24) is 0 Å². The molecule has 0 heterocycles. The van der Waals surface area contributed by atoms with Gasteiger partial charge in [-0.2, -0.15) is 0 Å². The van der Waals surface area contributed by atoms with Gasteiger partial charge in [-0.1, -0.05) is 0 Å². The van der Waals surface area contributed by atoms with E-state index in [0.717, 1.165) is 0 Å². The molecule has 0 aliphatic heterocycles. The minimum atomic E-state index is -1.42. The number of carboxylic acid groups (broad SMARTS) is 1. The molecule has 0 bridgehead atoms.